The summed E-state index contributed by atoms with van der Waals surface area (Å²) >= 11 is 8.11. The Morgan fingerprint density at radius 3 is 2.89 bits per heavy atom. The first-order valence-corrected chi connectivity index (χ1v) is 8.65. The molecule has 2 rings (SSSR count). The Balaban J connectivity index is 2.25. The fraction of sp³-hybridized carbons (Fsp3) is 0.667. The number of aromatic nitrogens is 1. The van der Waals surface area contributed by atoms with Crippen LogP contribution >= 0.6 is 23.4 Å². The topological polar surface area (TPSA) is 16.1 Å². The first-order chi connectivity index (χ1) is 9.13. The summed E-state index contributed by atoms with van der Waals surface area (Å²) in [7, 11) is 0. The molecule has 106 valence electrons. The second kappa shape index (κ2) is 6.85. The molecule has 0 aromatic carbocycles. The molecular weight excluding hydrogens is 276 g/mol. The smallest absolute Gasteiger partial charge is 0.129 e. The van der Waals surface area contributed by atoms with Gasteiger partial charge >= 0.3 is 0 Å². The normalized spacial score (nSPS) is 20.1. The number of halogens is 1. The van der Waals surface area contributed by atoms with Crippen molar-refractivity contribution in [2.75, 3.05) is 23.7 Å². The molecule has 0 aliphatic carbocycles. The maximum Gasteiger partial charge on any atom is 0.129 e. The van der Waals surface area contributed by atoms with Gasteiger partial charge in [-0.3, -0.25) is 0 Å². The Morgan fingerprint density at radius 1 is 1.47 bits per heavy atom. The zero-order valence-corrected chi connectivity index (χ0v) is 13.6. The Kier molecular flexibility index (Phi) is 5.40. The predicted molar refractivity (Wildman–Crippen MR) is 86.6 cm³/mol. The van der Waals surface area contributed by atoms with E-state index in [9.17, 15) is 0 Å². The van der Waals surface area contributed by atoms with Gasteiger partial charge in [0.05, 0.1) is 0 Å². The minimum Gasteiger partial charge on any atom is -0.355 e. The van der Waals surface area contributed by atoms with Gasteiger partial charge in [0, 0.05) is 35.7 Å². The van der Waals surface area contributed by atoms with Gasteiger partial charge in [-0.15, -0.1) is 11.6 Å². The fourth-order valence-electron chi connectivity index (χ4n) is 2.30. The van der Waals surface area contributed by atoms with Crippen molar-refractivity contribution in [1.29, 1.82) is 0 Å². The fourth-order valence-corrected chi connectivity index (χ4v) is 3.64. The van der Waals surface area contributed by atoms with Crippen molar-refractivity contribution in [3.8, 4) is 0 Å². The van der Waals surface area contributed by atoms with Gasteiger partial charge in [0.2, 0.25) is 0 Å². The SMILES string of the molecule is CCC1CN(c2cc(CCl)cc(C(C)C)n2)CCS1. The standard InChI is InChI=1S/C15H23ClN2S/c1-4-13-10-18(5-6-19-13)15-8-12(9-16)7-14(17-15)11(2)3/h7-8,11,13H,4-6,9-10H2,1-3H3. The van der Waals surface area contributed by atoms with E-state index >= 15 is 0 Å². The van der Waals surface area contributed by atoms with E-state index in [0.717, 1.165) is 29.9 Å². The third-order valence-corrected chi connectivity index (χ3v) is 5.24. The molecule has 19 heavy (non-hydrogen) atoms. The average molecular weight is 299 g/mol. The van der Waals surface area contributed by atoms with Crippen LogP contribution in [0, 0.1) is 0 Å². The lowest BCUT2D eigenvalue weighted by Crippen LogP contribution is -2.38. The van der Waals surface area contributed by atoms with E-state index in [1.54, 1.807) is 0 Å². The van der Waals surface area contributed by atoms with Crippen LogP contribution in [-0.4, -0.2) is 29.1 Å². The quantitative estimate of drug-likeness (QED) is 0.772. The van der Waals surface area contributed by atoms with E-state index in [4.69, 9.17) is 16.6 Å². The highest BCUT2D eigenvalue weighted by Gasteiger charge is 2.21. The van der Waals surface area contributed by atoms with E-state index in [-0.39, 0.29) is 0 Å². The maximum atomic E-state index is 6.02. The Labute approximate surface area is 125 Å². The summed E-state index contributed by atoms with van der Waals surface area (Å²) in [6.07, 6.45) is 1.23. The number of rotatable bonds is 4. The summed E-state index contributed by atoms with van der Waals surface area (Å²) in [5.74, 6) is 3.32. The highest BCUT2D eigenvalue weighted by molar-refractivity contribution is 8.00. The summed E-state index contributed by atoms with van der Waals surface area (Å²) in [5.41, 5.74) is 2.33. The zero-order chi connectivity index (χ0) is 13.8. The molecule has 1 unspecified atom stereocenters. The van der Waals surface area contributed by atoms with Crippen LogP contribution in [-0.2, 0) is 5.88 Å². The van der Waals surface area contributed by atoms with Crippen LogP contribution in [0.15, 0.2) is 12.1 Å². The van der Waals surface area contributed by atoms with Crippen LogP contribution < -0.4 is 4.90 Å². The highest BCUT2D eigenvalue weighted by Crippen LogP contribution is 2.27. The van der Waals surface area contributed by atoms with E-state index in [1.165, 1.54) is 17.7 Å². The number of thioether (sulfide) groups is 1. The molecule has 1 aliphatic heterocycles. The van der Waals surface area contributed by atoms with Crippen LogP contribution in [0.3, 0.4) is 0 Å². The van der Waals surface area contributed by atoms with E-state index in [1.807, 2.05) is 0 Å². The molecule has 0 amide bonds. The number of nitrogens with zero attached hydrogens (tertiary/aromatic N) is 2. The summed E-state index contributed by atoms with van der Waals surface area (Å²) in [6, 6.07) is 4.29. The number of alkyl halides is 1. The molecule has 0 spiro atoms. The molecule has 2 heterocycles. The van der Waals surface area contributed by atoms with Gasteiger partial charge in [0.1, 0.15) is 5.82 Å². The number of pyridine rings is 1. The number of hydrogen-bond donors (Lipinski definition) is 0. The molecule has 1 fully saturated rings. The molecule has 1 aliphatic rings. The monoisotopic (exact) mass is 298 g/mol. The van der Waals surface area contributed by atoms with Crippen LogP contribution in [0.1, 0.15) is 44.4 Å². The second-order valence-electron chi connectivity index (χ2n) is 5.39. The van der Waals surface area contributed by atoms with E-state index < -0.39 is 0 Å². The molecule has 4 heteroatoms. The number of anilines is 1. The molecule has 1 aromatic rings. The summed E-state index contributed by atoms with van der Waals surface area (Å²) in [5, 5.41) is 0.734. The minimum atomic E-state index is 0.447. The lowest BCUT2D eigenvalue weighted by atomic mass is 10.1. The lowest BCUT2D eigenvalue weighted by Gasteiger charge is -2.33. The first kappa shape index (κ1) is 15.0. The molecule has 0 bridgehead atoms. The van der Waals surface area contributed by atoms with E-state index in [2.05, 4.69) is 49.6 Å². The first-order valence-electron chi connectivity index (χ1n) is 7.07. The largest absolute Gasteiger partial charge is 0.355 e. The molecule has 0 N–H and O–H groups in total. The molecule has 1 atom stereocenters. The molecule has 0 saturated carbocycles. The van der Waals surface area contributed by atoms with Gasteiger partial charge in [-0.1, -0.05) is 20.8 Å². The van der Waals surface area contributed by atoms with Gasteiger partial charge in [0.15, 0.2) is 0 Å². The van der Waals surface area contributed by atoms with Gasteiger partial charge < -0.3 is 4.90 Å². The summed E-state index contributed by atoms with van der Waals surface area (Å²) < 4.78 is 0. The van der Waals surface area contributed by atoms with Crippen molar-refractivity contribution in [3.05, 3.63) is 23.4 Å². The van der Waals surface area contributed by atoms with Crippen molar-refractivity contribution < 1.29 is 0 Å². The molecule has 0 radical (unpaired) electrons. The zero-order valence-electron chi connectivity index (χ0n) is 12.0. The average Bonchev–Trinajstić information content (AvgIpc) is 2.46. The van der Waals surface area contributed by atoms with Crippen LogP contribution in [0.5, 0.6) is 0 Å². The van der Waals surface area contributed by atoms with Crippen molar-refractivity contribution >= 4 is 29.2 Å². The Morgan fingerprint density at radius 2 is 2.26 bits per heavy atom. The highest BCUT2D eigenvalue weighted by atomic mass is 35.5. The third kappa shape index (κ3) is 3.79. The maximum absolute atomic E-state index is 6.02. The summed E-state index contributed by atoms with van der Waals surface area (Å²) in [4.78, 5) is 7.25. The van der Waals surface area contributed by atoms with E-state index in [0.29, 0.717) is 11.8 Å². The van der Waals surface area contributed by atoms with Crippen molar-refractivity contribution in [2.24, 2.45) is 0 Å². The van der Waals surface area contributed by atoms with Crippen molar-refractivity contribution in [2.45, 2.75) is 44.2 Å². The molecule has 1 saturated heterocycles. The van der Waals surface area contributed by atoms with Crippen molar-refractivity contribution in [3.63, 3.8) is 0 Å². The third-order valence-electron chi connectivity index (χ3n) is 3.56. The molecular formula is C15H23ClN2S. The molecule has 1 aromatic heterocycles. The van der Waals surface area contributed by atoms with Crippen LogP contribution in [0.4, 0.5) is 5.82 Å². The second-order valence-corrected chi connectivity index (χ2v) is 7.07. The predicted octanol–water partition coefficient (Wildman–Crippen LogP) is 4.28. The Bertz CT molecular complexity index is 423. The van der Waals surface area contributed by atoms with Gasteiger partial charge in [-0.05, 0) is 30.0 Å². The summed E-state index contributed by atoms with van der Waals surface area (Å²) in [6.45, 7) is 8.84. The van der Waals surface area contributed by atoms with Gasteiger partial charge in [0.25, 0.3) is 0 Å². The van der Waals surface area contributed by atoms with Crippen molar-refractivity contribution in [1.82, 2.24) is 4.98 Å². The minimum absolute atomic E-state index is 0.447. The molecule has 2 nitrogen and oxygen atoms in total. The van der Waals surface area contributed by atoms with Crippen LogP contribution in [0.25, 0.3) is 0 Å². The lowest BCUT2D eigenvalue weighted by molar-refractivity contribution is 0.712. The Hall–Kier alpha value is -0.410. The van der Waals surface area contributed by atoms with Crippen LogP contribution in [0.2, 0.25) is 0 Å². The van der Waals surface area contributed by atoms with Gasteiger partial charge in [-0.25, -0.2) is 4.98 Å². The van der Waals surface area contributed by atoms with Gasteiger partial charge in [-0.2, -0.15) is 11.8 Å². The number of hydrogen-bond acceptors (Lipinski definition) is 3.